The molecule has 1 nitrogen and oxygen atoms in total. The van der Waals surface area contributed by atoms with Crippen LogP contribution in [0.5, 0.6) is 0 Å². The standard InChI is InChI=1S/C21H32F4O/c1-5-6-7-8-9-10-11-16(21(2,3)26-4)13-12-15-14-17(22)19(24)20(25)18(15)23/h14,16H,5-13H2,1-4H3. The summed E-state index contributed by atoms with van der Waals surface area (Å²) in [7, 11) is 1.63. The molecule has 1 rings (SSSR count). The highest BCUT2D eigenvalue weighted by molar-refractivity contribution is 5.22. The fraction of sp³-hybridized carbons (Fsp3) is 0.714. The molecule has 0 saturated carbocycles. The van der Waals surface area contributed by atoms with Gasteiger partial charge in [0.05, 0.1) is 5.60 Å². The number of hydrogen-bond donors (Lipinski definition) is 0. The molecule has 1 aromatic rings. The molecule has 0 fully saturated rings. The number of benzene rings is 1. The fourth-order valence-electron chi connectivity index (χ4n) is 3.31. The van der Waals surface area contributed by atoms with Crippen LogP contribution >= 0.6 is 0 Å². The molecule has 1 aromatic carbocycles. The molecule has 0 spiro atoms. The first-order valence-corrected chi connectivity index (χ1v) is 9.61. The predicted molar refractivity (Wildman–Crippen MR) is 97.2 cm³/mol. The van der Waals surface area contributed by atoms with Crippen molar-refractivity contribution < 1.29 is 22.3 Å². The van der Waals surface area contributed by atoms with Crippen LogP contribution in [0, 0.1) is 29.2 Å². The smallest absolute Gasteiger partial charge is 0.197 e. The highest BCUT2D eigenvalue weighted by atomic mass is 19.2. The van der Waals surface area contributed by atoms with E-state index in [2.05, 4.69) is 6.92 Å². The molecule has 0 heterocycles. The topological polar surface area (TPSA) is 9.23 Å². The minimum atomic E-state index is -1.76. The van der Waals surface area contributed by atoms with E-state index in [0.29, 0.717) is 6.42 Å². The van der Waals surface area contributed by atoms with Crippen LogP contribution in [-0.2, 0) is 11.2 Å². The third-order valence-electron chi connectivity index (χ3n) is 5.36. The van der Waals surface area contributed by atoms with Crippen LogP contribution in [-0.4, -0.2) is 12.7 Å². The summed E-state index contributed by atoms with van der Waals surface area (Å²) >= 11 is 0. The van der Waals surface area contributed by atoms with Crippen molar-refractivity contribution in [3.63, 3.8) is 0 Å². The summed E-state index contributed by atoms with van der Waals surface area (Å²) in [6.07, 6.45) is 8.61. The molecule has 26 heavy (non-hydrogen) atoms. The summed E-state index contributed by atoms with van der Waals surface area (Å²) in [6.45, 7) is 6.12. The Morgan fingerprint density at radius 3 is 2.12 bits per heavy atom. The van der Waals surface area contributed by atoms with E-state index in [4.69, 9.17) is 4.74 Å². The average molecular weight is 376 g/mol. The maximum atomic E-state index is 13.9. The van der Waals surface area contributed by atoms with Crippen LogP contribution in [0.3, 0.4) is 0 Å². The largest absolute Gasteiger partial charge is 0.379 e. The maximum Gasteiger partial charge on any atom is 0.197 e. The number of ether oxygens (including phenoxy) is 1. The Morgan fingerprint density at radius 2 is 1.50 bits per heavy atom. The van der Waals surface area contributed by atoms with Crippen molar-refractivity contribution in [2.45, 2.75) is 84.2 Å². The van der Waals surface area contributed by atoms with Gasteiger partial charge in [0.2, 0.25) is 0 Å². The SMILES string of the molecule is CCCCCCCCC(CCc1cc(F)c(F)c(F)c1F)C(C)(C)OC. The predicted octanol–water partition coefficient (Wildman–Crippen LogP) is 6.97. The number of rotatable bonds is 12. The van der Waals surface area contributed by atoms with Crippen molar-refractivity contribution in [1.82, 2.24) is 0 Å². The Balaban J connectivity index is 2.70. The molecule has 0 aromatic heterocycles. The third kappa shape index (κ3) is 6.57. The molecule has 5 heteroatoms. The van der Waals surface area contributed by atoms with Crippen molar-refractivity contribution in [3.05, 3.63) is 34.9 Å². The molecule has 0 aliphatic heterocycles. The summed E-state index contributed by atoms with van der Waals surface area (Å²) in [5.41, 5.74) is -0.543. The van der Waals surface area contributed by atoms with Gasteiger partial charge in [0.1, 0.15) is 0 Å². The molecule has 1 atom stereocenters. The van der Waals surface area contributed by atoms with Gasteiger partial charge in [0.15, 0.2) is 23.3 Å². The second-order valence-electron chi connectivity index (χ2n) is 7.56. The first-order chi connectivity index (χ1) is 12.2. The second kappa shape index (κ2) is 10.9. The van der Waals surface area contributed by atoms with E-state index in [-0.39, 0.29) is 17.9 Å². The van der Waals surface area contributed by atoms with Crippen molar-refractivity contribution in [1.29, 1.82) is 0 Å². The van der Waals surface area contributed by atoms with E-state index >= 15 is 0 Å². The van der Waals surface area contributed by atoms with E-state index in [9.17, 15) is 17.6 Å². The minimum absolute atomic E-state index is 0.120. The van der Waals surface area contributed by atoms with Crippen molar-refractivity contribution in [3.8, 4) is 0 Å². The number of halogens is 4. The Morgan fingerprint density at radius 1 is 0.885 bits per heavy atom. The lowest BCUT2D eigenvalue weighted by Gasteiger charge is -2.33. The molecule has 0 saturated heterocycles. The molecule has 1 unspecified atom stereocenters. The quantitative estimate of drug-likeness (QED) is 0.166. The van der Waals surface area contributed by atoms with Crippen LogP contribution in [0.25, 0.3) is 0 Å². The zero-order valence-corrected chi connectivity index (χ0v) is 16.4. The third-order valence-corrected chi connectivity index (χ3v) is 5.36. The molecule has 0 radical (unpaired) electrons. The van der Waals surface area contributed by atoms with Crippen LogP contribution < -0.4 is 0 Å². The lowest BCUT2D eigenvalue weighted by molar-refractivity contribution is -0.0344. The molecule has 0 aliphatic carbocycles. The lowest BCUT2D eigenvalue weighted by atomic mass is 9.81. The summed E-state index contributed by atoms with van der Waals surface area (Å²) < 4.78 is 59.4. The van der Waals surface area contributed by atoms with Crippen LogP contribution in [0.4, 0.5) is 17.6 Å². The highest BCUT2D eigenvalue weighted by Gasteiger charge is 2.29. The van der Waals surface area contributed by atoms with Gasteiger partial charge in [-0.25, -0.2) is 17.6 Å². The number of hydrogen-bond acceptors (Lipinski definition) is 1. The summed E-state index contributed by atoms with van der Waals surface area (Å²) in [6, 6.07) is 0.759. The van der Waals surface area contributed by atoms with Crippen molar-refractivity contribution >= 4 is 0 Å². The van der Waals surface area contributed by atoms with E-state index in [0.717, 1.165) is 25.3 Å². The van der Waals surface area contributed by atoms with Gasteiger partial charge < -0.3 is 4.74 Å². The number of unbranched alkanes of at least 4 members (excludes halogenated alkanes) is 5. The van der Waals surface area contributed by atoms with Gasteiger partial charge >= 0.3 is 0 Å². The molecular weight excluding hydrogens is 344 g/mol. The molecule has 150 valence electrons. The molecule has 0 bridgehead atoms. The normalized spacial score (nSPS) is 13.2. The Bertz CT molecular complexity index is 557. The van der Waals surface area contributed by atoms with Gasteiger partial charge in [-0.15, -0.1) is 0 Å². The molecule has 0 N–H and O–H groups in total. The second-order valence-corrected chi connectivity index (χ2v) is 7.56. The number of methoxy groups -OCH3 is 1. The zero-order valence-electron chi connectivity index (χ0n) is 16.4. The Hall–Kier alpha value is -1.10. The van der Waals surface area contributed by atoms with Crippen molar-refractivity contribution in [2.75, 3.05) is 7.11 Å². The molecular formula is C21H32F4O. The summed E-state index contributed by atoms with van der Waals surface area (Å²) in [5, 5.41) is 0. The monoisotopic (exact) mass is 376 g/mol. The van der Waals surface area contributed by atoms with Gasteiger partial charge in [-0.3, -0.25) is 0 Å². The first kappa shape index (κ1) is 22.9. The highest BCUT2D eigenvalue weighted by Crippen LogP contribution is 2.31. The van der Waals surface area contributed by atoms with Gasteiger partial charge in [0.25, 0.3) is 0 Å². The Kier molecular flexibility index (Phi) is 9.62. The van der Waals surface area contributed by atoms with Crippen LogP contribution in [0.2, 0.25) is 0 Å². The van der Waals surface area contributed by atoms with Gasteiger partial charge in [0, 0.05) is 7.11 Å². The summed E-state index contributed by atoms with van der Waals surface area (Å²) in [4.78, 5) is 0. The number of aryl methyl sites for hydroxylation is 1. The maximum absolute atomic E-state index is 13.9. The minimum Gasteiger partial charge on any atom is -0.379 e. The summed E-state index contributed by atoms with van der Waals surface area (Å²) in [5.74, 6) is -6.02. The van der Waals surface area contributed by atoms with Crippen LogP contribution in [0.1, 0.15) is 77.7 Å². The van der Waals surface area contributed by atoms with Gasteiger partial charge in [-0.2, -0.15) is 0 Å². The van der Waals surface area contributed by atoms with Crippen LogP contribution in [0.15, 0.2) is 6.07 Å². The lowest BCUT2D eigenvalue weighted by Crippen LogP contribution is -2.33. The van der Waals surface area contributed by atoms with Crippen molar-refractivity contribution in [2.24, 2.45) is 5.92 Å². The van der Waals surface area contributed by atoms with E-state index in [1.807, 2.05) is 13.8 Å². The zero-order chi connectivity index (χ0) is 19.7. The molecule has 0 aliphatic rings. The fourth-order valence-corrected chi connectivity index (χ4v) is 3.31. The van der Waals surface area contributed by atoms with E-state index in [1.54, 1.807) is 7.11 Å². The van der Waals surface area contributed by atoms with Gasteiger partial charge in [-0.05, 0) is 50.7 Å². The van der Waals surface area contributed by atoms with E-state index in [1.165, 1.54) is 25.7 Å². The van der Waals surface area contributed by atoms with Gasteiger partial charge in [-0.1, -0.05) is 45.4 Å². The Labute approximate surface area is 155 Å². The molecule has 0 amide bonds. The van der Waals surface area contributed by atoms with E-state index < -0.39 is 28.9 Å². The first-order valence-electron chi connectivity index (χ1n) is 9.61. The average Bonchev–Trinajstić information content (AvgIpc) is 2.62.